The third-order valence-electron chi connectivity index (χ3n) is 2.50. The number of ketones is 1. The number of carbonyl (C=O) groups is 1. The van der Waals surface area contributed by atoms with Gasteiger partial charge in [0, 0.05) is 16.3 Å². The first-order valence-corrected chi connectivity index (χ1v) is 5.59. The minimum Gasteiger partial charge on any atom is -0.293 e. The first kappa shape index (κ1) is 12.3. The zero-order valence-corrected chi connectivity index (χ0v) is 10.3. The molecule has 1 aliphatic rings. The predicted octanol–water partition coefficient (Wildman–Crippen LogP) is 4.00. The summed E-state index contributed by atoms with van der Waals surface area (Å²) < 4.78 is 38.0. The van der Waals surface area contributed by atoms with Crippen molar-refractivity contribution < 1.29 is 18.0 Å². The van der Waals surface area contributed by atoms with Crippen LogP contribution in [0.25, 0.3) is 0 Å². The van der Waals surface area contributed by atoms with Gasteiger partial charge in [-0.1, -0.05) is 6.92 Å². The van der Waals surface area contributed by atoms with Crippen LogP contribution < -0.4 is 0 Å². The van der Waals surface area contributed by atoms with Gasteiger partial charge in [-0.3, -0.25) is 9.79 Å². The molecule has 1 unspecified atom stereocenters. The lowest BCUT2D eigenvalue weighted by molar-refractivity contribution is -0.137. The summed E-state index contributed by atoms with van der Waals surface area (Å²) >= 11 is 3.01. The van der Waals surface area contributed by atoms with Crippen LogP contribution in [0, 0.1) is 5.92 Å². The molecule has 0 aromatic heterocycles. The highest BCUT2D eigenvalue weighted by molar-refractivity contribution is 9.10. The highest BCUT2D eigenvalue weighted by Crippen LogP contribution is 2.39. The Bertz CT molecular complexity index is 522. The maximum Gasteiger partial charge on any atom is 0.416 e. The Morgan fingerprint density at radius 3 is 2.59 bits per heavy atom. The topological polar surface area (TPSA) is 29.4 Å². The zero-order chi connectivity index (χ0) is 12.8. The number of hydrogen-bond donors (Lipinski definition) is 0. The normalized spacial score (nSPS) is 19.4. The molecule has 0 radical (unpaired) electrons. The third kappa shape index (κ3) is 2.13. The van der Waals surface area contributed by atoms with E-state index in [1.807, 2.05) is 0 Å². The van der Waals surface area contributed by atoms with Crippen molar-refractivity contribution in [1.82, 2.24) is 0 Å². The monoisotopic (exact) mass is 305 g/mol. The van der Waals surface area contributed by atoms with Crippen molar-refractivity contribution in [2.24, 2.45) is 10.9 Å². The molecule has 17 heavy (non-hydrogen) atoms. The lowest BCUT2D eigenvalue weighted by Gasteiger charge is -2.17. The number of halogens is 4. The number of hydrogen-bond acceptors (Lipinski definition) is 2. The fraction of sp³-hybridized carbons (Fsp3) is 0.273. The highest BCUT2D eigenvalue weighted by Gasteiger charge is 2.34. The van der Waals surface area contributed by atoms with E-state index in [2.05, 4.69) is 20.9 Å². The summed E-state index contributed by atoms with van der Waals surface area (Å²) in [7, 11) is 0. The molecule has 0 saturated carbocycles. The van der Waals surface area contributed by atoms with Crippen molar-refractivity contribution in [1.29, 1.82) is 0 Å². The molecule has 0 saturated heterocycles. The Kier molecular flexibility index (Phi) is 2.85. The van der Waals surface area contributed by atoms with Crippen LogP contribution in [-0.4, -0.2) is 12.0 Å². The largest absolute Gasteiger partial charge is 0.416 e. The predicted molar refractivity (Wildman–Crippen MR) is 60.8 cm³/mol. The lowest BCUT2D eigenvalue weighted by Crippen LogP contribution is -2.18. The van der Waals surface area contributed by atoms with Crippen LogP contribution in [0.3, 0.4) is 0 Å². The second-order valence-electron chi connectivity index (χ2n) is 3.78. The van der Waals surface area contributed by atoms with Gasteiger partial charge in [0.1, 0.15) is 0 Å². The molecule has 90 valence electrons. The minimum atomic E-state index is -4.47. The quantitative estimate of drug-likeness (QED) is 0.712. The molecular weight excluding hydrogens is 299 g/mol. The van der Waals surface area contributed by atoms with Crippen molar-refractivity contribution in [3.63, 3.8) is 0 Å². The zero-order valence-electron chi connectivity index (χ0n) is 8.68. The van der Waals surface area contributed by atoms with Gasteiger partial charge in [-0.2, -0.15) is 13.2 Å². The Labute approximate surface area is 104 Å². The van der Waals surface area contributed by atoms with Gasteiger partial charge in [0.2, 0.25) is 0 Å². The van der Waals surface area contributed by atoms with Gasteiger partial charge < -0.3 is 0 Å². The summed E-state index contributed by atoms with van der Waals surface area (Å²) in [5.74, 6) is -0.834. The van der Waals surface area contributed by atoms with Crippen molar-refractivity contribution in [3.8, 4) is 0 Å². The van der Waals surface area contributed by atoms with E-state index in [1.165, 1.54) is 6.21 Å². The lowest BCUT2D eigenvalue weighted by atomic mass is 9.94. The van der Waals surface area contributed by atoms with Crippen molar-refractivity contribution >= 4 is 33.6 Å². The molecular formula is C11H7BrF3NO. The van der Waals surface area contributed by atoms with Gasteiger partial charge in [0.15, 0.2) is 5.78 Å². The van der Waals surface area contributed by atoms with Crippen LogP contribution in [-0.2, 0) is 6.18 Å². The number of Topliss-reactive ketones (excluding diaryl/α,β-unsaturated/α-hetero) is 1. The van der Waals surface area contributed by atoms with Crippen LogP contribution in [0.5, 0.6) is 0 Å². The molecule has 0 bridgehead atoms. The van der Waals surface area contributed by atoms with Gasteiger partial charge in [-0.15, -0.1) is 0 Å². The van der Waals surface area contributed by atoms with E-state index in [1.54, 1.807) is 6.92 Å². The van der Waals surface area contributed by atoms with E-state index in [0.29, 0.717) is 0 Å². The number of nitrogens with zero attached hydrogens (tertiary/aromatic N) is 1. The number of benzene rings is 1. The van der Waals surface area contributed by atoms with Gasteiger partial charge in [0.25, 0.3) is 0 Å². The van der Waals surface area contributed by atoms with E-state index in [4.69, 9.17) is 0 Å². The summed E-state index contributed by atoms with van der Waals surface area (Å²) in [5.41, 5.74) is -0.566. The number of alkyl halides is 3. The molecule has 1 aromatic carbocycles. The Morgan fingerprint density at radius 2 is 2.00 bits per heavy atom. The van der Waals surface area contributed by atoms with Gasteiger partial charge in [-0.25, -0.2) is 0 Å². The van der Waals surface area contributed by atoms with E-state index in [9.17, 15) is 18.0 Å². The average molecular weight is 306 g/mol. The molecule has 2 nitrogen and oxygen atoms in total. The molecule has 1 heterocycles. The summed E-state index contributed by atoms with van der Waals surface area (Å²) in [5, 5.41) is 0. The van der Waals surface area contributed by atoms with Gasteiger partial charge >= 0.3 is 6.18 Å². The molecule has 0 amide bonds. The summed E-state index contributed by atoms with van der Waals surface area (Å²) in [6.45, 7) is 1.60. The van der Waals surface area contributed by atoms with Crippen LogP contribution in [0.1, 0.15) is 22.8 Å². The summed E-state index contributed by atoms with van der Waals surface area (Å²) in [4.78, 5) is 15.8. The molecule has 1 aliphatic heterocycles. The molecule has 0 aliphatic carbocycles. The van der Waals surface area contributed by atoms with Crippen LogP contribution >= 0.6 is 15.9 Å². The summed E-state index contributed by atoms with van der Waals surface area (Å²) in [6, 6.07) is 1.79. The molecule has 0 N–H and O–H groups in total. The van der Waals surface area contributed by atoms with E-state index in [-0.39, 0.29) is 21.5 Å². The van der Waals surface area contributed by atoms with Crippen LogP contribution in [0.2, 0.25) is 0 Å². The van der Waals surface area contributed by atoms with E-state index < -0.39 is 17.7 Å². The number of fused-ring (bicyclic) bond motifs is 1. The van der Waals surface area contributed by atoms with Crippen molar-refractivity contribution in [2.45, 2.75) is 13.1 Å². The van der Waals surface area contributed by atoms with Crippen LogP contribution in [0.4, 0.5) is 18.9 Å². The standard InChI is InChI=1S/C11H7BrF3NO/c1-5-4-16-9-7(10(5)17)2-6(3-8(9)12)11(13,14)15/h2-5H,1H3. The number of rotatable bonds is 0. The van der Waals surface area contributed by atoms with E-state index >= 15 is 0 Å². The summed E-state index contributed by atoms with van der Waals surface area (Å²) in [6.07, 6.45) is -3.04. The van der Waals surface area contributed by atoms with Crippen molar-refractivity contribution in [2.75, 3.05) is 0 Å². The Balaban J connectivity index is 2.65. The maximum atomic E-state index is 12.6. The number of aliphatic imine (C=N–C) groups is 1. The van der Waals surface area contributed by atoms with E-state index in [0.717, 1.165) is 12.1 Å². The molecule has 0 fully saturated rings. The van der Waals surface area contributed by atoms with Gasteiger partial charge in [0.05, 0.1) is 17.2 Å². The molecule has 1 aromatic rings. The second-order valence-corrected chi connectivity index (χ2v) is 4.64. The second kappa shape index (κ2) is 3.94. The maximum absolute atomic E-state index is 12.6. The first-order valence-electron chi connectivity index (χ1n) is 4.80. The highest BCUT2D eigenvalue weighted by atomic mass is 79.9. The average Bonchev–Trinajstić information content (AvgIpc) is 2.22. The van der Waals surface area contributed by atoms with Crippen molar-refractivity contribution in [3.05, 3.63) is 27.7 Å². The van der Waals surface area contributed by atoms with Crippen LogP contribution in [0.15, 0.2) is 21.6 Å². The number of carbonyl (C=O) groups excluding carboxylic acids is 1. The van der Waals surface area contributed by atoms with Gasteiger partial charge in [-0.05, 0) is 28.1 Å². The smallest absolute Gasteiger partial charge is 0.293 e. The third-order valence-corrected chi connectivity index (χ3v) is 3.10. The SMILES string of the molecule is CC1C=Nc2c(Br)cc(C(F)(F)F)cc2C1=O. The fourth-order valence-electron chi connectivity index (χ4n) is 1.58. The molecule has 1 atom stereocenters. The minimum absolute atomic E-state index is 0.0155. The molecule has 2 rings (SSSR count). The Hall–Kier alpha value is -1.17. The molecule has 0 spiro atoms. The fourth-order valence-corrected chi connectivity index (χ4v) is 2.14. The Morgan fingerprint density at radius 1 is 1.35 bits per heavy atom. The molecule has 6 heteroatoms. The first-order chi connectivity index (χ1) is 7.80.